The number of hydrogen-bond acceptors (Lipinski definition) is 1. The molecule has 140 valence electrons. The molecule has 1 fully saturated rings. The zero-order valence-electron chi connectivity index (χ0n) is 16.2. The van der Waals surface area contributed by atoms with Gasteiger partial charge in [0.25, 0.3) is 0 Å². The molecule has 0 aliphatic heterocycles. The molecule has 0 atom stereocenters. The summed E-state index contributed by atoms with van der Waals surface area (Å²) in [6, 6.07) is 33.4. The number of anilines is 1. The van der Waals surface area contributed by atoms with Gasteiger partial charge in [-0.05, 0) is 59.9 Å². The van der Waals surface area contributed by atoms with Gasteiger partial charge in [0.15, 0.2) is 0 Å². The first kappa shape index (κ1) is 16.4. The third-order valence-corrected chi connectivity index (χ3v) is 5.88. The smallest absolute Gasteiger partial charge is 0.0465 e. The Morgan fingerprint density at radius 2 is 1.34 bits per heavy atom. The number of fused-ring (bicyclic) bond motifs is 3. The zero-order valence-corrected chi connectivity index (χ0v) is 16.2. The van der Waals surface area contributed by atoms with Gasteiger partial charge in [0.2, 0.25) is 0 Å². The molecule has 1 aromatic heterocycles. The van der Waals surface area contributed by atoms with E-state index in [4.69, 9.17) is 0 Å². The molecule has 1 saturated carbocycles. The van der Waals surface area contributed by atoms with Gasteiger partial charge in [-0.2, -0.15) is 0 Å². The molecule has 1 heterocycles. The number of nitrogens with one attached hydrogen (secondary N) is 2. The lowest BCUT2D eigenvalue weighted by Gasteiger charge is -2.14. The van der Waals surface area contributed by atoms with E-state index >= 15 is 0 Å². The highest BCUT2D eigenvalue weighted by Gasteiger charge is 2.22. The largest absolute Gasteiger partial charge is 0.382 e. The van der Waals surface area contributed by atoms with Crippen molar-refractivity contribution in [2.75, 3.05) is 5.32 Å². The monoisotopic (exact) mass is 374 g/mol. The number of H-pyrrole nitrogens is 1. The SMILES string of the molecule is c1ccc(-c2cc(-c3ccc4[nH]c5ccccc5c4c3)ccc2NC2CC2)cc1. The zero-order chi connectivity index (χ0) is 19.2. The molecule has 2 nitrogen and oxygen atoms in total. The normalized spacial score (nSPS) is 13.8. The quantitative estimate of drug-likeness (QED) is 0.341. The summed E-state index contributed by atoms with van der Waals surface area (Å²) in [6.07, 6.45) is 2.54. The van der Waals surface area contributed by atoms with Crippen molar-refractivity contribution in [3.63, 3.8) is 0 Å². The first-order valence-corrected chi connectivity index (χ1v) is 10.3. The van der Waals surface area contributed by atoms with Gasteiger partial charge in [-0.25, -0.2) is 0 Å². The number of aromatic amines is 1. The topological polar surface area (TPSA) is 27.8 Å². The standard InChI is InChI=1S/C27H22N2/c1-2-6-18(7-3-1)23-16-19(10-14-26(23)28-21-12-13-21)20-11-15-27-24(17-20)22-8-4-5-9-25(22)29-27/h1-11,14-17,21,28-29H,12-13H2. The molecule has 1 aliphatic carbocycles. The first-order valence-electron chi connectivity index (χ1n) is 10.3. The predicted molar refractivity (Wildman–Crippen MR) is 123 cm³/mol. The van der Waals surface area contributed by atoms with Crippen LogP contribution in [0.15, 0.2) is 91.0 Å². The number of aromatic nitrogens is 1. The number of hydrogen-bond donors (Lipinski definition) is 2. The molecule has 0 spiro atoms. The van der Waals surface area contributed by atoms with Gasteiger partial charge in [0.05, 0.1) is 0 Å². The second-order valence-electron chi connectivity index (χ2n) is 7.98. The first-order chi connectivity index (χ1) is 14.3. The third kappa shape index (κ3) is 2.98. The van der Waals surface area contributed by atoms with E-state index in [-0.39, 0.29) is 0 Å². The van der Waals surface area contributed by atoms with E-state index in [9.17, 15) is 0 Å². The maximum atomic E-state index is 3.71. The molecule has 2 heteroatoms. The third-order valence-electron chi connectivity index (χ3n) is 5.88. The van der Waals surface area contributed by atoms with Crippen molar-refractivity contribution in [3.05, 3.63) is 91.0 Å². The summed E-state index contributed by atoms with van der Waals surface area (Å²) in [6.45, 7) is 0. The highest BCUT2D eigenvalue weighted by atomic mass is 15.0. The van der Waals surface area contributed by atoms with Gasteiger partial charge in [-0.3, -0.25) is 0 Å². The molecule has 29 heavy (non-hydrogen) atoms. The van der Waals surface area contributed by atoms with Crippen molar-refractivity contribution in [1.82, 2.24) is 4.98 Å². The van der Waals surface area contributed by atoms with Crippen molar-refractivity contribution in [2.24, 2.45) is 0 Å². The summed E-state index contributed by atoms with van der Waals surface area (Å²) in [5.74, 6) is 0. The second kappa shape index (κ2) is 6.52. The fraction of sp³-hybridized carbons (Fsp3) is 0.111. The van der Waals surface area contributed by atoms with Crippen molar-refractivity contribution in [3.8, 4) is 22.3 Å². The fourth-order valence-electron chi connectivity index (χ4n) is 4.18. The summed E-state index contributed by atoms with van der Waals surface area (Å²) in [5.41, 5.74) is 8.63. The molecular weight excluding hydrogens is 352 g/mol. The maximum absolute atomic E-state index is 3.71. The van der Waals surface area contributed by atoms with Gasteiger partial charge in [-0.1, -0.05) is 60.7 Å². The van der Waals surface area contributed by atoms with Crippen LogP contribution in [0.5, 0.6) is 0 Å². The maximum Gasteiger partial charge on any atom is 0.0465 e. The van der Waals surface area contributed by atoms with E-state index in [1.165, 1.54) is 62.6 Å². The van der Waals surface area contributed by atoms with Crippen molar-refractivity contribution in [2.45, 2.75) is 18.9 Å². The molecule has 0 amide bonds. The Bertz CT molecular complexity index is 1330. The molecule has 5 aromatic rings. The summed E-state index contributed by atoms with van der Waals surface area (Å²) in [5, 5.41) is 6.26. The highest BCUT2D eigenvalue weighted by Crippen LogP contribution is 2.37. The summed E-state index contributed by atoms with van der Waals surface area (Å²) in [7, 11) is 0. The lowest BCUT2D eigenvalue weighted by molar-refractivity contribution is 1.16. The van der Waals surface area contributed by atoms with Gasteiger partial charge in [0, 0.05) is 39.1 Å². The number of para-hydroxylation sites is 1. The van der Waals surface area contributed by atoms with E-state index in [2.05, 4.69) is 101 Å². The van der Waals surface area contributed by atoms with Crippen molar-refractivity contribution < 1.29 is 0 Å². The van der Waals surface area contributed by atoms with Gasteiger partial charge in [0.1, 0.15) is 0 Å². The Morgan fingerprint density at radius 1 is 0.621 bits per heavy atom. The molecule has 0 bridgehead atoms. The average molecular weight is 374 g/mol. The minimum Gasteiger partial charge on any atom is -0.382 e. The van der Waals surface area contributed by atoms with Crippen LogP contribution in [0.4, 0.5) is 5.69 Å². The van der Waals surface area contributed by atoms with Crippen LogP contribution in [0.2, 0.25) is 0 Å². The molecular formula is C27H22N2. The molecule has 4 aromatic carbocycles. The Labute approximate surface area is 170 Å². The molecule has 1 aliphatic rings. The average Bonchev–Trinajstić information content (AvgIpc) is 3.52. The van der Waals surface area contributed by atoms with E-state index in [1.807, 2.05) is 0 Å². The Balaban J connectivity index is 1.50. The van der Waals surface area contributed by atoms with E-state index in [0.717, 1.165) is 0 Å². The van der Waals surface area contributed by atoms with Crippen LogP contribution >= 0.6 is 0 Å². The molecule has 0 radical (unpaired) electrons. The van der Waals surface area contributed by atoms with Gasteiger partial charge in [-0.15, -0.1) is 0 Å². The number of benzene rings is 4. The van der Waals surface area contributed by atoms with Crippen LogP contribution in [0.1, 0.15) is 12.8 Å². The van der Waals surface area contributed by atoms with E-state index in [0.29, 0.717) is 6.04 Å². The lowest BCUT2D eigenvalue weighted by atomic mass is 9.96. The van der Waals surface area contributed by atoms with Crippen LogP contribution in [-0.2, 0) is 0 Å². The van der Waals surface area contributed by atoms with Crippen LogP contribution in [-0.4, -0.2) is 11.0 Å². The van der Waals surface area contributed by atoms with Crippen LogP contribution in [0, 0.1) is 0 Å². The number of rotatable bonds is 4. The summed E-state index contributed by atoms with van der Waals surface area (Å²) < 4.78 is 0. The minimum absolute atomic E-state index is 0.630. The lowest BCUT2D eigenvalue weighted by Crippen LogP contribution is -2.02. The Morgan fingerprint density at radius 3 is 2.21 bits per heavy atom. The molecule has 6 rings (SSSR count). The van der Waals surface area contributed by atoms with Gasteiger partial charge < -0.3 is 10.3 Å². The second-order valence-corrected chi connectivity index (χ2v) is 7.98. The van der Waals surface area contributed by atoms with Crippen molar-refractivity contribution >= 4 is 27.5 Å². The molecule has 0 saturated heterocycles. The van der Waals surface area contributed by atoms with Crippen LogP contribution in [0.25, 0.3) is 44.1 Å². The van der Waals surface area contributed by atoms with Crippen LogP contribution < -0.4 is 5.32 Å². The van der Waals surface area contributed by atoms with E-state index in [1.54, 1.807) is 0 Å². The summed E-state index contributed by atoms with van der Waals surface area (Å²) >= 11 is 0. The van der Waals surface area contributed by atoms with Gasteiger partial charge >= 0.3 is 0 Å². The van der Waals surface area contributed by atoms with E-state index < -0.39 is 0 Å². The highest BCUT2D eigenvalue weighted by molar-refractivity contribution is 6.08. The van der Waals surface area contributed by atoms with Crippen molar-refractivity contribution in [1.29, 1.82) is 0 Å². The molecule has 0 unspecified atom stereocenters. The fourth-order valence-corrected chi connectivity index (χ4v) is 4.18. The summed E-state index contributed by atoms with van der Waals surface area (Å²) in [4.78, 5) is 3.52. The Kier molecular flexibility index (Phi) is 3.70. The van der Waals surface area contributed by atoms with Crippen LogP contribution in [0.3, 0.4) is 0 Å². The Hall–Kier alpha value is -3.52. The minimum atomic E-state index is 0.630. The predicted octanol–water partition coefficient (Wildman–Crippen LogP) is 7.23. The molecule has 2 N–H and O–H groups in total.